The van der Waals surface area contributed by atoms with Gasteiger partial charge in [-0.2, -0.15) is 0 Å². The molecule has 0 N–H and O–H groups in total. The number of fused-ring (bicyclic) bond motifs is 7. The van der Waals surface area contributed by atoms with Gasteiger partial charge < -0.3 is 4.57 Å². The quantitative estimate of drug-likeness (QED) is 0.261. The Hall–Kier alpha value is -3.88. The molecule has 0 aliphatic rings. The van der Waals surface area contributed by atoms with E-state index in [1.807, 2.05) is 11.3 Å². The van der Waals surface area contributed by atoms with Crippen molar-refractivity contribution in [2.75, 3.05) is 0 Å². The van der Waals surface area contributed by atoms with Crippen LogP contribution in [0.25, 0.3) is 58.8 Å². The first kappa shape index (κ1) is 17.8. The molecule has 0 bridgehead atoms. The first-order valence-corrected chi connectivity index (χ1v) is 11.7. The van der Waals surface area contributed by atoms with Gasteiger partial charge in [0.1, 0.15) is 0 Å². The molecule has 0 radical (unpaired) electrons. The molecule has 150 valence electrons. The van der Waals surface area contributed by atoms with Crippen molar-refractivity contribution in [1.29, 1.82) is 0 Å². The second kappa shape index (κ2) is 6.81. The van der Waals surface area contributed by atoms with Gasteiger partial charge in [0.25, 0.3) is 0 Å². The highest BCUT2D eigenvalue weighted by Crippen LogP contribution is 2.44. The van der Waals surface area contributed by atoms with Gasteiger partial charge in [-0.1, -0.05) is 97.1 Å². The Bertz CT molecular complexity index is 1750. The molecule has 7 aromatic rings. The minimum atomic E-state index is 1.20. The number of nitrogens with zero attached hydrogens (tertiary/aromatic N) is 1. The molecule has 32 heavy (non-hydrogen) atoms. The van der Waals surface area contributed by atoms with E-state index in [0.717, 1.165) is 0 Å². The summed E-state index contributed by atoms with van der Waals surface area (Å²) in [6, 6.07) is 41.6. The lowest BCUT2D eigenvalue weighted by molar-refractivity contribution is 1.19. The van der Waals surface area contributed by atoms with Crippen molar-refractivity contribution in [3.05, 3.63) is 115 Å². The fourth-order valence-corrected chi connectivity index (χ4v) is 6.13. The third-order valence-corrected chi connectivity index (χ3v) is 7.59. The molecule has 0 aliphatic heterocycles. The zero-order valence-electron chi connectivity index (χ0n) is 17.3. The fourth-order valence-electron chi connectivity index (χ4n) is 4.92. The number of hydrogen-bond acceptors (Lipinski definition) is 1. The van der Waals surface area contributed by atoms with E-state index in [0.29, 0.717) is 0 Å². The van der Waals surface area contributed by atoms with Crippen LogP contribution in [0.1, 0.15) is 0 Å². The number of thiophene rings is 1. The maximum Gasteiger partial charge on any atom is 0.0727 e. The summed E-state index contributed by atoms with van der Waals surface area (Å²) in [5, 5.41) is 5.22. The zero-order valence-corrected chi connectivity index (χ0v) is 18.1. The van der Waals surface area contributed by atoms with E-state index in [4.69, 9.17) is 0 Å². The van der Waals surface area contributed by atoms with Crippen LogP contribution in [-0.2, 0) is 0 Å². The molecule has 2 heterocycles. The van der Waals surface area contributed by atoms with Crippen LogP contribution in [0.4, 0.5) is 0 Å². The summed E-state index contributed by atoms with van der Waals surface area (Å²) in [7, 11) is 0. The highest BCUT2D eigenvalue weighted by atomic mass is 32.1. The second-order valence-corrected chi connectivity index (χ2v) is 9.26. The van der Waals surface area contributed by atoms with E-state index in [1.54, 1.807) is 0 Å². The summed E-state index contributed by atoms with van der Waals surface area (Å²) >= 11 is 1.89. The van der Waals surface area contributed by atoms with Crippen molar-refractivity contribution in [3.63, 3.8) is 0 Å². The molecular formula is C30H19NS. The highest BCUT2D eigenvalue weighted by molar-refractivity contribution is 7.26. The third kappa shape index (κ3) is 2.50. The van der Waals surface area contributed by atoms with Crippen LogP contribution in [0, 0.1) is 0 Å². The molecule has 0 spiro atoms. The predicted octanol–water partition coefficient (Wildman–Crippen LogP) is 8.82. The Labute approximate surface area is 189 Å². The molecule has 2 aromatic heterocycles. The van der Waals surface area contributed by atoms with Crippen LogP contribution in [0.15, 0.2) is 115 Å². The number of hydrogen-bond donors (Lipinski definition) is 0. The SMILES string of the molecule is c1ccc(-c2ccc(-n3c4c5ccccc5ccc4c4sc5ccccc5c43)cc2)cc1. The molecule has 5 aromatic carbocycles. The Balaban J connectivity index is 1.60. The van der Waals surface area contributed by atoms with Gasteiger partial charge in [-0.25, -0.2) is 0 Å². The normalized spacial score (nSPS) is 11.8. The number of benzene rings is 5. The average molecular weight is 426 g/mol. The van der Waals surface area contributed by atoms with Gasteiger partial charge in [0, 0.05) is 26.5 Å². The number of rotatable bonds is 2. The maximum atomic E-state index is 2.47. The Morgan fingerprint density at radius 1 is 0.469 bits per heavy atom. The molecule has 0 aliphatic carbocycles. The fraction of sp³-hybridized carbons (Fsp3) is 0. The molecule has 2 heteroatoms. The highest BCUT2D eigenvalue weighted by Gasteiger charge is 2.19. The summed E-state index contributed by atoms with van der Waals surface area (Å²) in [6.45, 7) is 0. The summed E-state index contributed by atoms with van der Waals surface area (Å²) in [4.78, 5) is 0. The molecule has 1 nitrogen and oxygen atoms in total. The summed E-state index contributed by atoms with van der Waals surface area (Å²) in [6.07, 6.45) is 0. The molecule has 0 amide bonds. The third-order valence-electron chi connectivity index (χ3n) is 6.39. The van der Waals surface area contributed by atoms with Crippen LogP contribution in [0.2, 0.25) is 0 Å². The minimum Gasteiger partial charge on any atom is -0.307 e. The van der Waals surface area contributed by atoms with Gasteiger partial charge >= 0.3 is 0 Å². The van der Waals surface area contributed by atoms with Crippen LogP contribution < -0.4 is 0 Å². The van der Waals surface area contributed by atoms with Crippen molar-refractivity contribution in [3.8, 4) is 16.8 Å². The van der Waals surface area contributed by atoms with Crippen molar-refractivity contribution in [2.45, 2.75) is 0 Å². The molecule has 0 saturated heterocycles. The molecule has 7 rings (SSSR count). The smallest absolute Gasteiger partial charge is 0.0727 e. The summed E-state index contributed by atoms with van der Waals surface area (Å²) < 4.78 is 5.17. The van der Waals surface area contributed by atoms with Gasteiger partial charge in [0.2, 0.25) is 0 Å². The van der Waals surface area contributed by atoms with Crippen molar-refractivity contribution >= 4 is 53.3 Å². The van der Waals surface area contributed by atoms with E-state index in [-0.39, 0.29) is 0 Å². The predicted molar refractivity (Wildman–Crippen MR) is 139 cm³/mol. The van der Waals surface area contributed by atoms with E-state index in [1.165, 1.54) is 58.8 Å². The second-order valence-electron chi connectivity index (χ2n) is 8.21. The lowest BCUT2D eigenvalue weighted by Gasteiger charge is -2.11. The summed E-state index contributed by atoms with van der Waals surface area (Å²) in [5.74, 6) is 0. The lowest BCUT2D eigenvalue weighted by Crippen LogP contribution is -1.94. The van der Waals surface area contributed by atoms with Gasteiger partial charge in [-0.05, 0) is 34.7 Å². The largest absolute Gasteiger partial charge is 0.307 e. The van der Waals surface area contributed by atoms with Gasteiger partial charge in [0.15, 0.2) is 0 Å². The molecular weight excluding hydrogens is 406 g/mol. The maximum absolute atomic E-state index is 2.47. The zero-order chi connectivity index (χ0) is 21.1. The number of aromatic nitrogens is 1. The molecule has 0 unspecified atom stereocenters. The van der Waals surface area contributed by atoms with Gasteiger partial charge in [-0.15, -0.1) is 11.3 Å². The lowest BCUT2D eigenvalue weighted by atomic mass is 10.1. The molecule has 0 saturated carbocycles. The Morgan fingerprint density at radius 2 is 1.16 bits per heavy atom. The van der Waals surface area contributed by atoms with Crippen molar-refractivity contribution in [1.82, 2.24) is 4.57 Å². The van der Waals surface area contributed by atoms with Crippen molar-refractivity contribution < 1.29 is 0 Å². The van der Waals surface area contributed by atoms with Gasteiger partial charge in [-0.3, -0.25) is 0 Å². The topological polar surface area (TPSA) is 4.93 Å². The van der Waals surface area contributed by atoms with E-state index in [2.05, 4.69) is 120 Å². The standard InChI is InChI=1S/C30H19NS/c1-2-8-20(9-3-1)21-14-17-23(18-15-21)31-28-24-11-5-4-10-22(24)16-19-26(28)30-29(31)25-12-6-7-13-27(25)32-30/h1-19H. The Kier molecular flexibility index (Phi) is 3.78. The van der Waals surface area contributed by atoms with Crippen LogP contribution in [-0.4, -0.2) is 4.57 Å². The van der Waals surface area contributed by atoms with Crippen molar-refractivity contribution in [2.24, 2.45) is 0 Å². The van der Waals surface area contributed by atoms with Gasteiger partial charge in [0.05, 0.1) is 15.7 Å². The van der Waals surface area contributed by atoms with E-state index in [9.17, 15) is 0 Å². The first-order chi connectivity index (χ1) is 15.9. The molecule has 0 fully saturated rings. The van der Waals surface area contributed by atoms with Crippen LogP contribution in [0.3, 0.4) is 0 Å². The minimum absolute atomic E-state index is 1.20. The molecule has 0 atom stereocenters. The van der Waals surface area contributed by atoms with E-state index < -0.39 is 0 Å². The average Bonchev–Trinajstić information content (AvgIpc) is 3.40. The first-order valence-electron chi connectivity index (χ1n) is 10.9. The van der Waals surface area contributed by atoms with Crippen LogP contribution >= 0.6 is 11.3 Å². The Morgan fingerprint density at radius 3 is 2.00 bits per heavy atom. The van der Waals surface area contributed by atoms with Crippen LogP contribution in [0.5, 0.6) is 0 Å². The summed E-state index contributed by atoms with van der Waals surface area (Å²) in [5.41, 5.74) is 6.28. The monoisotopic (exact) mass is 425 g/mol. The van der Waals surface area contributed by atoms with E-state index >= 15 is 0 Å².